The van der Waals surface area contributed by atoms with Crippen molar-refractivity contribution in [3.8, 4) is 0 Å². The van der Waals surface area contributed by atoms with Gasteiger partial charge >= 0.3 is 0 Å². The number of hydrogen-bond acceptors (Lipinski definition) is 5. The lowest BCUT2D eigenvalue weighted by molar-refractivity contribution is 0.392. The van der Waals surface area contributed by atoms with Crippen LogP contribution in [0.4, 0.5) is 11.6 Å². The van der Waals surface area contributed by atoms with E-state index >= 15 is 0 Å². The summed E-state index contributed by atoms with van der Waals surface area (Å²) in [5, 5.41) is 6.34. The summed E-state index contributed by atoms with van der Waals surface area (Å²) < 4.78 is 0.864. The first-order chi connectivity index (χ1) is 7.54. The molecule has 0 aliphatic rings. The molecule has 0 saturated heterocycles. The second kappa shape index (κ2) is 6.00. The fourth-order valence-corrected chi connectivity index (χ4v) is 1.99. The number of halogens is 1. The van der Waals surface area contributed by atoms with E-state index < -0.39 is 0 Å². The van der Waals surface area contributed by atoms with Crippen LogP contribution >= 0.6 is 15.9 Å². The van der Waals surface area contributed by atoms with E-state index in [0.717, 1.165) is 22.7 Å². The minimum atomic E-state index is 0.325. The maximum absolute atomic E-state index is 4.21. The zero-order valence-corrected chi connectivity index (χ0v) is 11.7. The highest BCUT2D eigenvalue weighted by molar-refractivity contribution is 9.10. The summed E-state index contributed by atoms with van der Waals surface area (Å²) in [7, 11) is 5.93. The summed E-state index contributed by atoms with van der Waals surface area (Å²) in [5.41, 5.74) is 0. The third kappa shape index (κ3) is 3.61. The predicted octanol–water partition coefficient (Wildman–Crippen LogP) is 1.64. The highest BCUT2D eigenvalue weighted by Crippen LogP contribution is 2.26. The van der Waals surface area contributed by atoms with Crippen LogP contribution in [-0.4, -0.2) is 48.6 Å². The molecule has 1 rings (SSSR count). The molecular formula is C10H18BrN5. The van der Waals surface area contributed by atoms with E-state index in [1.54, 1.807) is 6.33 Å². The van der Waals surface area contributed by atoms with Crippen molar-refractivity contribution in [3.63, 3.8) is 0 Å². The summed E-state index contributed by atoms with van der Waals surface area (Å²) in [4.78, 5) is 10.4. The van der Waals surface area contributed by atoms with Crippen molar-refractivity contribution < 1.29 is 0 Å². The van der Waals surface area contributed by atoms with Gasteiger partial charge in [-0.25, -0.2) is 9.97 Å². The number of anilines is 2. The first-order valence-electron chi connectivity index (χ1n) is 5.14. The molecule has 90 valence electrons. The number of nitrogens with one attached hydrogen (secondary N) is 2. The van der Waals surface area contributed by atoms with Gasteiger partial charge in [0.05, 0.1) is 0 Å². The number of rotatable bonds is 5. The minimum Gasteiger partial charge on any atom is -0.372 e. The van der Waals surface area contributed by atoms with Gasteiger partial charge in [0.1, 0.15) is 22.4 Å². The van der Waals surface area contributed by atoms with Crippen LogP contribution in [-0.2, 0) is 0 Å². The van der Waals surface area contributed by atoms with Crippen molar-refractivity contribution in [1.29, 1.82) is 0 Å². The Bertz CT molecular complexity index is 342. The Labute approximate surface area is 105 Å². The maximum atomic E-state index is 4.21. The molecule has 0 spiro atoms. The average Bonchev–Trinajstić information content (AvgIpc) is 2.20. The van der Waals surface area contributed by atoms with Gasteiger partial charge in [0.25, 0.3) is 0 Å². The molecule has 1 atom stereocenters. The van der Waals surface area contributed by atoms with Crippen LogP contribution in [0.2, 0.25) is 0 Å². The average molecular weight is 288 g/mol. The van der Waals surface area contributed by atoms with Gasteiger partial charge in [0.2, 0.25) is 0 Å². The fourth-order valence-electron chi connectivity index (χ4n) is 1.47. The monoisotopic (exact) mass is 287 g/mol. The molecule has 1 aromatic rings. The summed E-state index contributed by atoms with van der Waals surface area (Å²) >= 11 is 3.47. The molecule has 1 heterocycles. The van der Waals surface area contributed by atoms with Gasteiger partial charge in [0.15, 0.2) is 0 Å². The normalized spacial score (nSPS) is 12.6. The molecule has 16 heavy (non-hydrogen) atoms. The van der Waals surface area contributed by atoms with Crippen LogP contribution < -0.4 is 10.6 Å². The lowest BCUT2D eigenvalue weighted by Gasteiger charge is -2.19. The van der Waals surface area contributed by atoms with Gasteiger partial charge in [-0.3, -0.25) is 0 Å². The van der Waals surface area contributed by atoms with Crippen molar-refractivity contribution in [2.24, 2.45) is 0 Å². The Morgan fingerprint density at radius 1 is 1.38 bits per heavy atom. The molecule has 2 N–H and O–H groups in total. The van der Waals surface area contributed by atoms with E-state index in [1.165, 1.54) is 0 Å². The summed E-state index contributed by atoms with van der Waals surface area (Å²) in [6, 6.07) is 0.325. The van der Waals surface area contributed by atoms with Crippen LogP contribution in [0.15, 0.2) is 10.8 Å². The van der Waals surface area contributed by atoms with E-state index in [2.05, 4.69) is 48.4 Å². The van der Waals surface area contributed by atoms with Crippen molar-refractivity contribution in [2.75, 3.05) is 38.3 Å². The molecule has 0 aromatic carbocycles. The smallest absolute Gasteiger partial charge is 0.146 e. The quantitative estimate of drug-likeness (QED) is 0.862. The van der Waals surface area contributed by atoms with Gasteiger partial charge in [-0.2, -0.15) is 0 Å². The fraction of sp³-hybridized carbons (Fsp3) is 0.600. The van der Waals surface area contributed by atoms with Crippen molar-refractivity contribution in [3.05, 3.63) is 10.8 Å². The largest absolute Gasteiger partial charge is 0.372 e. The summed E-state index contributed by atoms with van der Waals surface area (Å²) in [6.07, 6.45) is 1.54. The van der Waals surface area contributed by atoms with Crippen molar-refractivity contribution in [2.45, 2.75) is 13.0 Å². The molecule has 6 heteroatoms. The van der Waals surface area contributed by atoms with E-state index in [4.69, 9.17) is 0 Å². The standard InChI is InChI=1S/C10H18BrN5/c1-7(5-16(3)4)15-10-8(11)9(12-2)13-6-14-10/h6-7H,5H2,1-4H3,(H2,12,13,14,15). The molecule has 0 aliphatic heterocycles. The van der Waals surface area contributed by atoms with E-state index in [0.29, 0.717) is 6.04 Å². The third-order valence-corrected chi connectivity index (χ3v) is 2.80. The topological polar surface area (TPSA) is 53.1 Å². The van der Waals surface area contributed by atoms with Gasteiger partial charge < -0.3 is 15.5 Å². The molecule has 0 aliphatic carbocycles. The number of hydrogen-bond donors (Lipinski definition) is 2. The Morgan fingerprint density at radius 3 is 2.56 bits per heavy atom. The van der Waals surface area contributed by atoms with Crippen molar-refractivity contribution >= 4 is 27.6 Å². The molecule has 1 aromatic heterocycles. The van der Waals surface area contributed by atoms with Gasteiger partial charge in [-0.15, -0.1) is 0 Å². The Balaban J connectivity index is 2.73. The molecule has 0 bridgehead atoms. The third-order valence-electron chi connectivity index (χ3n) is 2.05. The second-order valence-corrected chi connectivity index (χ2v) is 4.74. The SMILES string of the molecule is CNc1ncnc(NC(C)CN(C)C)c1Br. The zero-order valence-electron chi connectivity index (χ0n) is 10.1. The van der Waals surface area contributed by atoms with Crippen LogP contribution in [0, 0.1) is 0 Å². The van der Waals surface area contributed by atoms with Crippen LogP contribution in [0.5, 0.6) is 0 Å². The van der Waals surface area contributed by atoms with Gasteiger partial charge in [0, 0.05) is 19.6 Å². The molecule has 0 fully saturated rings. The minimum absolute atomic E-state index is 0.325. The predicted molar refractivity (Wildman–Crippen MR) is 70.9 cm³/mol. The first-order valence-corrected chi connectivity index (χ1v) is 5.93. The number of likely N-dealkylation sites (N-methyl/N-ethyl adjacent to an activating group) is 1. The number of nitrogens with zero attached hydrogens (tertiary/aromatic N) is 3. The Hall–Kier alpha value is -0.880. The lowest BCUT2D eigenvalue weighted by Crippen LogP contribution is -2.30. The van der Waals surface area contributed by atoms with Gasteiger partial charge in [-0.1, -0.05) is 0 Å². The zero-order chi connectivity index (χ0) is 12.1. The highest BCUT2D eigenvalue weighted by atomic mass is 79.9. The first kappa shape index (κ1) is 13.2. The molecule has 0 radical (unpaired) electrons. The summed E-state index contributed by atoms with van der Waals surface area (Å²) in [5.74, 6) is 1.60. The second-order valence-electron chi connectivity index (χ2n) is 3.94. The van der Waals surface area contributed by atoms with Crippen molar-refractivity contribution in [1.82, 2.24) is 14.9 Å². The van der Waals surface area contributed by atoms with E-state index in [9.17, 15) is 0 Å². The molecule has 1 unspecified atom stereocenters. The maximum Gasteiger partial charge on any atom is 0.146 e. The summed E-state index contributed by atoms with van der Waals surface area (Å²) in [6.45, 7) is 3.07. The van der Waals surface area contributed by atoms with Crippen LogP contribution in [0.1, 0.15) is 6.92 Å². The molecular weight excluding hydrogens is 270 g/mol. The lowest BCUT2D eigenvalue weighted by atomic mass is 10.3. The van der Waals surface area contributed by atoms with E-state index in [-0.39, 0.29) is 0 Å². The van der Waals surface area contributed by atoms with E-state index in [1.807, 2.05) is 21.1 Å². The molecule has 5 nitrogen and oxygen atoms in total. The Morgan fingerprint density at radius 2 is 2.00 bits per heavy atom. The van der Waals surface area contributed by atoms with Crippen LogP contribution in [0.25, 0.3) is 0 Å². The number of aromatic nitrogens is 2. The highest BCUT2D eigenvalue weighted by Gasteiger charge is 2.10. The molecule has 0 amide bonds. The van der Waals surface area contributed by atoms with Gasteiger partial charge in [-0.05, 0) is 36.9 Å². The molecule has 0 saturated carbocycles. The Kier molecular flexibility index (Phi) is 4.95. The van der Waals surface area contributed by atoms with Crippen LogP contribution in [0.3, 0.4) is 0 Å².